The van der Waals surface area contributed by atoms with Gasteiger partial charge in [0.2, 0.25) is 10.0 Å². The smallest absolute Gasteiger partial charge is 0.261 e. The van der Waals surface area contributed by atoms with Crippen molar-refractivity contribution < 1.29 is 16.8 Å². The molecular weight excluding hydrogens is 420 g/mol. The number of benzene rings is 3. The lowest BCUT2D eigenvalue weighted by Gasteiger charge is -2.20. The molecule has 1 N–H and O–H groups in total. The largest absolute Gasteiger partial charge is 0.279 e. The number of aryl methyl sites for hydroxylation is 1. The van der Waals surface area contributed by atoms with Crippen LogP contribution in [0.5, 0.6) is 0 Å². The van der Waals surface area contributed by atoms with Gasteiger partial charge in [-0.25, -0.2) is 16.8 Å². The Hall–Kier alpha value is -2.42. The first-order valence-electron chi connectivity index (χ1n) is 9.73. The van der Waals surface area contributed by atoms with Crippen molar-refractivity contribution in [2.24, 2.45) is 0 Å². The van der Waals surface area contributed by atoms with Gasteiger partial charge in [0, 0.05) is 13.1 Å². The lowest BCUT2D eigenvalue weighted by molar-refractivity contribution is 0.445. The minimum Gasteiger partial charge on any atom is -0.279 e. The van der Waals surface area contributed by atoms with Crippen LogP contribution in [0, 0.1) is 13.8 Å². The van der Waals surface area contributed by atoms with Crippen LogP contribution in [0.4, 0.5) is 5.69 Å². The molecule has 0 unspecified atom stereocenters. The number of nitrogens with one attached hydrogen (secondary N) is 1. The molecule has 160 valence electrons. The average Bonchev–Trinajstić information content (AvgIpc) is 2.71. The summed E-state index contributed by atoms with van der Waals surface area (Å²) >= 11 is 0. The maximum Gasteiger partial charge on any atom is 0.261 e. The zero-order chi connectivity index (χ0) is 22.1. The number of nitrogens with zero attached hydrogens (tertiary/aromatic N) is 1. The average molecular weight is 447 g/mol. The summed E-state index contributed by atoms with van der Waals surface area (Å²) in [6, 6.07) is 15.4. The number of rotatable bonds is 7. The van der Waals surface area contributed by atoms with Gasteiger partial charge in [-0.2, -0.15) is 4.31 Å². The molecule has 3 aromatic rings. The van der Waals surface area contributed by atoms with Crippen molar-refractivity contribution in [1.82, 2.24) is 4.31 Å². The molecule has 0 amide bonds. The van der Waals surface area contributed by atoms with Crippen LogP contribution >= 0.6 is 0 Å². The second kappa shape index (κ2) is 8.37. The highest BCUT2D eigenvalue weighted by Gasteiger charge is 2.24. The van der Waals surface area contributed by atoms with E-state index >= 15 is 0 Å². The van der Waals surface area contributed by atoms with Crippen LogP contribution in [-0.4, -0.2) is 34.2 Å². The van der Waals surface area contributed by atoms with Crippen molar-refractivity contribution in [1.29, 1.82) is 0 Å². The first kappa shape index (κ1) is 22.3. The van der Waals surface area contributed by atoms with Gasteiger partial charge in [0.15, 0.2) is 0 Å². The number of sulfonamides is 2. The number of hydrogen-bond acceptors (Lipinski definition) is 4. The van der Waals surface area contributed by atoms with Crippen LogP contribution in [0.1, 0.15) is 25.0 Å². The van der Waals surface area contributed by atoms with E-state index in [9.17, 15) is 16.8 Å². The molecule has 0 spiro atoms. The van der Waals surface area contributed by atoms with Gasteiger partial charge in [0.25, 0.3) is 10.0 Å². The van der Waals surface area contributed by atoms with Crippen molar-refractivity contribution >= 4 is 36.5 Å². The molecule has 0 fully saturated rings. The molecule has 0 aliphatic rings. The fourth-order valence-electron chi connectivity index (χ4n) is 3.33. The fourth-order valence-corrected chi connectivity index (χ4v) is 6.05. The summed E-state index contributed by atoms with van der Waals surface area (Å²) in [6.07, 6.45) is 0. The molecule has 0 aromatic heterocycles. The third-order valence-electron chi connectivity index (χ3n) is 5.26. The van der Waals surface area contributed by atoms with E-state index in [4.69, 9.17) is 0 Å². The van der Waals surface area contributed by atoms with Crippen molar-refractivity contribution in [3.05, 3.63) is 65.7 Å². The molecule has 6 nitrogen and oxygen atoms in total. The first-order chi connectivity index (χ1) is 14.1. The van der Waals surface area contributed by atoms with Crippen LogP contribution in [0.3, 0.4) is 0 Å². The highest BCUT2D eigenvalue weighted by Crippen LogP contribution is 2.29. The predicted octanol–water partition coefficient (Wildman–Crippen LogP) is 4.29. The third kappa shape index (κ3) is 4.21. The molecule has 0 radical (unpaired) electrons. The van der Waals surface area contributed by atoms with Crippen LogP contribution in [-0.2, 0) is 20.0 Å². The maximum absolute atomic E-state index is 13.0. The first-order valence-corrected chi connectivity index (χ1v) is 12.7. The number of anilines is 1. The van der Waals surface area contributed by atoms with E-state index in [-0.39, 0.29) is 15.5 Å². The Balaban J connectivity index is 2.05. The van der Waals surface area contributed by atoms with Crippen LogP contribution in [0.15, 0.2) is 64.4 Å². The predicted molar refractivity (Wildman–Crippen MR) is 121 cm³/mol. The van der Waals surface area contributed by atoms with Crippen LogP contribution < -0.4 is 4.72 Å². The Morgan fingerprint density at radius 2 is 1.43 bits per heavy atom. The van der Waals surface area contributed by atoms with Crippen LogP contribution in [0.25, 0.3) is 10.8 Å². The molecule has 3 rings (SSSR count). The normalized spacial score (nSPS) is 12.4. The monoisotopic (exact) mass is 446 g/mol. The van der Waals surface area contributed by atoms with E-state index in [1.807, 2.05) is 24.3 Å². The zero-order valence-corrected chi connectivity index (χ0v) is 19.1. The van der Waals surface area contributed by atoms with Gasteiger partial charge in [-0.3, -0.25) is 4.72 Å². The molecule has 0 aliphatic carbocycles. The summed E-state index contributed by atoms with van der Waals surface area (Å²) in [5.74, 6) is 0. The molecule has 0 bridgehead atoms. The van der Waals surface area contributed by atoms with Crippen LogP contribution in [0.2, 0.25) is 0 Å². The molecule has 30 heavy (non-hydrogen) atoms. The number of fused-ring (bicyclic) bond motifs is 1. The summed E-state index contributed by atoms with van der Waals surface area (Å²) in [6.45, 7) is 7.75. The second-order valence-electron chi connectivity index (χ2n) is 7.12. The Morgan fingerprint density at radius 1 is 0.800 bits per heavy atom. The Morgan fingerprint density at radius 3 is 2.07 bits per heavy atom. The van der Waals surface area contributed by atoms with Gasteiger partial charge in [-0.05, 0) is 60.0 Å². The summed E-state index contributed by atoms with van der Waals surface area (Å²) in [5.41, 5.74) is 1.63. The lowest BCUT2D eigenvalue weighted by Crippen LogP contribution is -2.30. The second-order valence-corrected chi connectivity index (χ2v) is 10.7. The minimum atomic E-state index is -3.90. The van der Waals surface area contributed by atoms with E-state index < -0.39 is 20.0 Å². The van der Waals surface area contributed by atoms with Gasteiger partial charge >= 0.3 is 0 Å². The van der Waals surface area contributed by atoms with Gasteiger partial charge in [-0.15, -0.1) is 0 Å². The van der Waals surface area contributed by atoms with Gasteiger partial charge < -0.3 is 0 Å². The van der Waals surface area contributed by atoms with Crippen molar-refractivity contribution in [2.75, 3.05) is 17.8 Å². The Bertz CT molecular complexity index is 1300. The Kier molecular flexibility index (Phi) is 6.21. The summed E-state index contributed by atoms with van der Waals surface area (Å²) in [5, 5.41) is 1.75. The SMILES string of the molecule is CCN(CC)S(=O)(=O)c1cc(C)c(C)c(NS(=O)(=O)c2ccc3ccccc3c2)c1. The molecule has 0 aliphatic heterocycles. The van der Waals surface area contributed by atoms with Crippen molar-refractivity contribution in [2.45, 2.75) is 37.5 Å². The van der Waals surface area contributed by atoms with E-state index in [0.29, 0.717) is 24.2 Å². The van der Waals surface area contributed by atoms with E-state index in [2.05, 4.69) is 4.72 Å². The Labute approximate surface area is 178 Å². The van der Waals surface area contributed by atoms with E-state index in [1.54, 1.807) is 52.0 Å². The number of hydrogen-bond donors (Lipinski definition) is 1. The lowest BCUT2D eigenvalue weighted by atomic mass is 10.1. The molecule has 0 heterocycles. The quantitative estimate of drug-likeness (QED) is 0.587. The van der Waals surface area contributed by atoms with E-state index in [0.717, 1.165) is 10.8 Å². The topological polar surface area (TPSA) is 83.6 Å². The fraction of sp³-hybridized carbons (Fsp3) is 0.273. The summed E-state index contributed by atoms with van der Waals surface area (Å²) < 4.78 is 55.9. The standard InChI is InChI=1S/C22H26N2O4S2/c1-5-24(6-2)30(27,28)21-13-16(3)17(4)22(15-21)23-29(25,26)20-12-11-18-9-7-8-10-19(18)14-20/h7-15,23H,5-6H2,1-4H3. The zero-order valence-electron chi connectivity index (χ0n) is 17.5. The highest BCUT2D eigenvalue weighted by molar-refractivity contribution is 7.92. The highest BCUT2D eigenvalue weighted by atomic mass is 32.2. The van der Waals surface area contributed by atoms with Crippen molar-refractivity contribution in [3.63, 3.8) is 0 Å². The molecule has 0 saturated heterocycles. The summed E-state index contributed by atoms with van der Waals surface area (Å²) in [7, 11) is -7.61. The van der Waals surface area contributed by atoms with Crippen molar-refractivity contribution in [3.8, 4) is 0 Å². The van der Waals surface area contributed by atoms with Gasteiger partial charge in [0.1, 0.15) is 0 Å². The molecule has 3 aromatic carbocycles. The summed E-state index contributed by atoms with van der Waals surface area (Å²) in [4.78, 5) is 0.195. The third-order valence-corrected chi connectivity index (χ3v) is 8.65. The van der Waals surface area contributed by atoms with Gasteiger partial charge in [-0.1, -0.05) is 44.2 Å². The van der Waals surface area contributed by atoms with E-state index in [1.165, 1.54) is 10.4 Å². The minimum absolute atomic E-state index is 0.0745. The molecular formula is C22H26N2O4S2. The molecule has 8 heteroatoms. The van der Waals surface area contributed by atoms with Gasteiger partial charge in [0.05, 0.1) is 15.5 Å². The molecule has 0 atom stereocenters. The molecule has 0 saturated carbocycles. The maximum atomic E-state index is 13.0.